The first kappa shape index (κ1) is 15.4. The molecule has 1 heterocycles. The van der Waals surface area contributed by atoms with Crippen molar-refractivity contribution in [1.82, 2.24) is 5.32 Å². The molecule has 0 saturated carbocycles. The number of urea groups is 1. The minimum absolute atomic E-state index is 0.0121. The molecule has 0 radical (unpaired) electrons. The third-order valence-corrected chi connectivity index (χ3v) is 4.94. The summed E-state index contributed by atoms with van der Waals surface area (Å²) in [4.78, 5) is 11.9. The average Bonchev–Trinajstić information content (AvgIpc) is 2.77. The lowest BCUT2D eigenvalue weighted by Crippen LogP contribution is -2.38. The number of rotatable bonds is 4. The molecule has 2 N–H and O–H groups in total. The van der Waals surface area contributed by atoms with Crippen LogP contribution in [0, 0.1) is 0 Å². The highest BCUT2D eigenvalue weighted by Crippen LogP contribution is 2.25. The fraction of sp³-hybridized carbons (Fsp3) is 0.462. The van der Waals surface area contributed by atoms with E-state index >= 15 is 0 Å². The van der Waals surface area contributed by atoms with Gasteiger partial charge in [0.15, 0.2) is 9.84 Å². The number of benzene rings is 1. The van der Waals surface area contributed by atoms with Crippen molar-refractivity contribution in [3.63, 3.8) is 0 Å². The predicted octanol–water partition coefficient (Wildman–Crippen LogP) is 1.01. The van der Waals surface area contributed by atoms with Crippen LogP contribution in [0.15, 0.2) is 18.2 Å². The minimum atomic E-state index is -3.02. The molecule has 8 heteroatoms. The monoisotopic (exact) mass is 314 g/mol. The standard InChI is InChI=1S/C13H18N2O5S/c1-19-11-5-10(6-12(7-11)20-2)15-13(16)14-9-3-4-21(17,18)8-9/h5-7,9H,3-4,8H2,1-2H3,(H2,14,15,16). The molecular formula is C13H18N2O5S. The molecule has 1 fully saturated rings. The zero-order valence-electron chi connectivity index (χ0n) is 11.9. The Morgan fingerprint density at radius 3 is 2.29 bits per heavy atom. The summed E-state index contributed by atoms with van der Waals surface area (Å²) in [6.45, 7) is 0. The van der Waals surface area contributed by atoms with E-state index in [0.29, 0.717) is 23.6 Å². The molecule has 1 unspecified atom stereocenters. The van der Waals surface area contributed by atoms with Crippen molar-refractivity contribution in [3.05, 3.63) is 18.2 Å². The second-order valence-corrected chi connectivity index (χ2v) is 7.03. The van der Waals surface area contributed by atoms with Crippen molar-refractivity contribution >= 4 is 21.6 Å². The van der Waals surface area contributed by atoms with Crippen molar-refractivity contribution in [3.8, 4) is 11.5 Å². The van der Waals surface area contributed by atoms with Crippen LogP contribution in [0.5, 0.6) is 11.5 Å². The second kappa shape index (κ2) is 6.21. The van der Waals surface area contributed by atoms with Crippen molar-refractivity contribution in [2.24, 2.45) is 0 Å². The van der Waals surface area contributed by atoms with Gasteiger partial charge in [-0.05, 0) is 6.42 Å². The van der Waals surface area contributed by atoms with Gasteiger partial charge < -0.3 is 20.1 Å². The Labute approximate surface area is 123 Å². The molecule has 7 nitrogen and oxygen atoms in total. The number of sulfone groups is 1. The summed E-state index contributed by atoms with van der Waals surface area (Å²) >= 11 is 0. The molecule has 116 valence electrons. The second-order valence-electron chi connectivity index (χ2n) is 4.80. The Kier molecular flexibility index (Phi) is 4.56. The Hall–Kier alpha value is -1.96. The Balaban J connectivity index is 1.99. The molecule has 1 aromatic rings. The summed E-state index contributed by atoms with van der Waals surface area (Å²) in [5.41, 5.74) is 0.504. The molecule has 1 atom stereocenters. The van der Waals surface area contributed by atoms with Crippen molar-refractivity contribution in [2.45, 2.75) is 12.5 Å². The summed E-state index contributed by atoms with van der Waals surface area (Å²) in [6.07, 6.45) is 0.442. The van der Waals surface area contributed by atoms with Crippen LogP contribution < -0.4 is 20.1 Å². The van der Waals surface area contributed by atoms with Crippen LogP contribution >= 0.6 is 0 Å². The lowest BCUT2D eigenvalue weighted by atomic mass is 10.2. The maximum absolute atomic E-state index is 11.9. The Morgan fingerprint density at radius 2 is 1.81 bits per heavy atom. The van der Waals surface area contributed by atoms with E-state index < -0.39 is 15.9 Å². The first-order valence-corrected chi connectivity index (χ1v) is 8.25. The lowest BCUT2D eigenvalue weighted by Gasteiger charge is -2.13. The quantitative estimate of drug-likeness (QED) is 0.865. The van der Waals surface area contributed by atoms with E-state index in [1.807, 2.05) is 0 Å². The maximum Gasteiger partial charge on any atom is 0.319 e. The number of hydrogen-bond acceptors (Lipinski definition) is 5. The smallest absolute Gasteiger partial charge is 0.319 e. The molecule has 1 saturated heterocycles. The van der Waals surface area contributed by atoms with Gasteiger partial charge in [0.05, 0.1) is 25.7 Å². The molecule has 1 aromatic carbocycles. The molecule has 1 aliphatic rings. The molecule has 2 rings (SSSR count). The first-order valence-electron chi connectivity index (χ1n) is 6.43. The molecular weight excluding hydrogens is 296 g/mol. The normalized spacial score (nSPS) is 19.8. The number of methoxy groups -OCH3 is 2. The number of anilines is 1. The van der Waals surface area contributed by atoms with Gasteiger partial charge in [-0.15, -0.1) is 0 Å². The molecule has 21 heavy (non-hydrogen) atoms. The number of hydrogen-bond donors (Lipinski definition) is 2. The van der Waals surface area contributed by atoms with Gasteiger partial charge in [0.25, 0.3) is 0 Å². The van der Waals surface area contributed by atoms with Gasteiger partial charge in [-0.1, -0.05) is 0 Å². The molecule has 0 aromatic heterocycles. The van der Waals surface area contributed by atoms with E-state index in [2.05, 4.69) is 10.6 Å². The van der Waals surface area contributed by atoms with Gasteiger partial charge in [-0.3, -0.25) is 0 Å². The van der Waals surface area contributed by atoms with Crippen molar-refractivity contribution in [1.29, 1.82) is 0 Å². The molecule has 2 amide bonds. The van der Waals surface area contributed by atoms with Crippen LogP contribution in [0.2, 0.25) is 0 Å². The fourth-order valence-corrected chi connectivity index (χ4v) is 3.81. The van der Waals surface area contributed by atoms with E-state index in [9.17, 15) is 13.2 Å². The highest BCUT2D eigenvalue weighted by Gasteiger charge is 2.28. The largest absolute Gasteiger partial charge is 0.497 e. The van der Waals surface area contributed by atoms with Gasteiger partial charge >= 0.3 is 6.03 Å². The van der Waals surface area contributed by atoms with Gasteiger partial charge in [0, 0.05) is 29.9 Å². The number of nitrogens with one attached hydrogen (secondary N) is 2. The van der Waals surface area contributed by atoms with E-state index in [0.717, 1.165) is 0 Å². The minimum Gasteiger partial charge on any atom is -0.497 e. The number of ether oxygens (including phenoxy) is 2. The summed E-state index contributed by atoms with van der Waals surface area (Å²) in [6, 6.07) is 4.18. The average molecular weight is 314 g/mol. The SMILES string of the molecule is COc1cc(NC(=O)NC2CCS(=O)(=O)C2)cc(OC)c1. The van der Waals surface area contributed by atoms with Crippen LogP contribution in [-0.4, -0.2) is 46.2 Å². The molecule has 1 aliphatic heterocycles. The zero-order valence-corrected chi connectivity index (χ0v) is 12.7. The first-order chi connectivity index (χ1) is 9.91. The summed E-state index contributed by atoms with van der Waals surface area (Å²) in [7, 11) is 0.0140. The highest BCUT2D eigenvalue weighted by atomic mass is 32.2. The number of amides is 2. The van der Waals surface area contributed by atoms with Gasteiger partial charge in [0.2, 0.25) is 0 Å². The van der Waals surface area contributed by atoms with E-state index in [-0.39, 0.29) is 17.5 Å². The van der Waals surface area contributed by atoms with E-state index in [4.69, 9.17) is 9.47 Å². The molecule has 0 spiro atoms. The predicted molar refractivity (Wildman–Crippen MR) is 78.8 cm³/mol. The van der Waals surface area contributed by atoms with Gasteiger partial charge in [-0.25, -0.2) is 13.2 Å². The highest BCUT2D eigenvalue weighted by molar-refractivity contribution is 7.91. The van der Waals surface area contributed by atoms with Crippen LogP contribution in [0.4, 0.5) is 10.5 Å². The summed E-state index contributed by atoms with van der Waals surface area (Å²) in [5, 5.41) is 5.29. The summed E-state index contributed by atoms with van der Waals surface area (Å²) < 4.78 is 32.9. The number of carbonyl (C=O) groups is 1. The molecule has 0 bridgehead atoms. The Morgan fingerprint density at radius 1 is 1.19 bits per heavy atom. The molecule has 0 aliphatic carbocycles. The third-order valence-electron chi connectivity index (χ3n) is 3.18. The van der Waals surface area contributed by atoms with Crippen molar-refractivity contribution in [2.75, 3.05) is 31.0 Å². The fourth-order valence-electron chi connectivity index (χ4n) is 2.14. The van der Waals surface area contributed by atoms with Crippen molar-refractivity contribution < 1.29 is 22.7 Å². The van der Waals surface area contributed by atoms with Crippen LogP contribution in [0.1, 0.15) is 6.42 Å². The van der Waals surface area contributed by atoms with E-state index in [1.165, 1.54) is 14.2 Å². The lowest BCUT2D eigenvalue weighted by molar-refractivity contribution is 0.249. The van der Waals surface area contributed by atoms with Crippen LogP contribution in [0.3, 0.4) is 0 Å². The zero-order chi connectivity index (χ0) is 15.5. The topological polar surface area (TPSA) is 93.7 Å². The number of carbonyl (C=O) groups excluding carboxylic acids is 1. The van der Waals surface area contributed by atoms with Crippen LogP contribution in [-0.2, 0) is 9.84 Å². The van der Waals surface area contributed by atoms with E-state index in [1.54, 1.807) is 18.2 Å². The van der Waals surface area contributed by atoms with Gasteiger partial charge in [-0.2, -0.15) is 0 Å². The van der Waals surface area contributed by atoms with Crippen LogP contribution in [0.25, 0.3) is 0 Å². The third kappa shape index (κ3) is 4.25. The maximum atomic E-state index is 11.9. The van der Waals surface area contributed by atoms with Gasteiger partial charge in [0.1, 0.15) is 11.5 Å². The summed E-state index contributed by atoms with van der Waals surface area (Å²) in [5.74, 6) is 1.20. The Bertz CT molecular complexity index is 607.